The van der Waals surface area contributed by atoms with Crippen LogP contribution in [0.25, 0.3) is 5.70 Å². The van der Waals surface area contributed by atoms with Crippen molar-refractivity contribution in [3.05, 3.63) is 41.5 Å². The third-order valence-corrected chi connectivity index (χ3v) is 5.90. The van der Waals surface area contributed by atoms with E-state index in [1.54, 1.807) is 13.8 Å². The van der Waals surface area contributed by atoms with Gasteiger partial charge in [-0.05, 0) is 46.1 Å². The lowest BCUT2D eigenvalue weighted by molar-refractivity contribution is -0.154. The minimum absolute atomic E-state index is 0.0137. The van der Waals surface area contributed by atoms with Gasteiger partial charge in [-0.1, -0.05) is 49.6 Å². The van der Waals surface area contributed by atoms with Crippen LogP contribution in [0.4, 0.5) is 0 Å². The molecule has 1 amide bonds. The molecule has 7 heteroatoms. The Kier molecular flexibility index (Phi) is 10.9. The maximum atomic E-state index is 13.5. The minimum Gasteiger partial charge on any atom is -0.465 e. The summed E-state index contributed by atoms with van der Waals surface area (Å²) in [6.45, 7) is 8.73. The zero-order valence-corrected chi connectivity index (χ0v) is 20.4. The molecule has 1 atom stereocenters. The van der Waals surface area contributed by atoms with E-state index in [4.69, 9.17) is 9.47 Å². The smallest absolute Gasteiger partial charge is 0.337 e. The fraction of sp³-hybridized carbons (Fsp3) is 0.577. The molecule has 0 bridgehead atoms. The summed E-state index contributed by atoms with van der Waals surface area (Å²) in [5, 5.41) is 3.02. The number of hydrogen-bond donors (Lipinski definition) is 1. The molecule has 0 saturated heterocycles. The fourth-order valence-electron chi connectivity index (χ4n) is 4.32. The summed E-state index contributed by atoms with van der Waals surface area (Å²) in [6.07, 6.45) is 4.93. The van der Waals surface area contributed by atoms with E-state index in [2.05, 4.69) is 5.32 Å². The number of hydrogen-bond acceptors (Lipinski definition) is 6. The number of esters is 2. The molecule has 182 valence electrons. The molecule has 1 aliphatic carbocycles. The Morgan fingerprint density at radius 1 is 0.939 bits per heavy atom. The van der Waals surface area contributed by atoms with Crippen LogP contribution in [0, 0.1) is 5.92 Å². The largest absolute Gasteiger partial charge is 0.465 e. The Hall–Kier alpha value is -2.83. The van der Waals surface area contributed by atoms with E-state index < -0.39 is 23.8 Å². The van der Waals surface area contributed by atoms with Crippen molar-refractivity contribution < 1.29 is 23.9 Å². The lowest BCUT2D eigenvalue weighted by atomic mass is 9.90. The Labute approximate surface area is 197 Å². The molecule has 1 aromatic rings. The van der Waals surface area contributed by atoms with E-state index in [0.29, 0.717) is 18.8 Å². The van der Waals surface area contributed by atoms with Gasteiger partial charge >= 0.3 is 11.9 Å². The summed E-state index contributed by atoms with van der Waals surface area (Å²) in [4.78, 5) is 42.0. The van der Waals surface area contributed by atoms with E-state index in [0.717, 1.165) is 37.7 Å². The Bertz CT molecular complexity index is 811. The van der Waals surface area contributed by atoms with Crippen molar-refractivity contribution >= 4 is 23.5 Å². The predicted molar refractivity (Wildman–Crippen MR) is 128 cm³/mol. The highest BCUT2D eigenvalue weighted by atomic mass is 16.5. The molecule has 33 heavy (non-hydrogen) atoms. The second-order valence-electron chi connectivity index (χ2n) is 8.05. The van der Waals surface area contributed by atoms with Gasteiger partial charge in [0.1, 0.15) is 0 Å². The van der Waals surface area contributed by atoms with E-state index in [-0.39, 0.29) is 24.8 Å². The number of benzene rings is 1. The monoisotopic (exact) mass is 458 g/mol. The van der Waals surface area contributed by atoms with Crippen LogP contribution in [0.2, 0.25) is 0 Å². The highest BCUT2D eigenvalue weighted by molar-refractivity contribution is 6.12. The zero-order chi connectivity index (χ0) is 24.2. The van der Waals surface area contributed by atoms with Gasteiger partial charge in [0.25, 0.3) is 0 Å². The quantitative estimate of drug-likeness (QED) is 0.307. The standard InChI is InChI=1S/C26H38N2O5/c1-5-28(6-2)23(19-15-11-9-12-16-19)21(25(30)32-7-3)22(26(31)33-8-4)24(29)27-20-17-13-10-14-18-20/h9,11-12,15-16,20,22H,5-8,10,13-14,17-18H2,1-4H3,(H,27,29)/b23-21+. The van der Waals surface area contributed by atoms with Crippen molar-refractivity contribution in [3.8, 4) is 0 Å². The third-order valence-electron chi connectivity index (χ3n) is 5.90. The van der Waals surface area contributed by atoms with Crippen LogP contribution in [0.5, 0.6) is 0 Å². The lowest BCUT2D eigenvalue weighted by Crippen LogP contribution is -2.45. The van der Waals surface area contributed by atoms with Gasteiger partial charge in [-0.3, -0.25) is 9.59 Å². The summed E-state index contributed by atoms with van der Waals surface area (Å²) in [7, 11) is 0. The SMILES string of the molecule is CCOC(=O)/C(=C(\c1ccccc1)N(CC)CC)C(C(=O)NC1CCCCC1)C(=O)OCC. The predicted octanol–water partition coefficient (Wildman–Crippen LogP) is 3.93. The number of carbonyl (C=O) groups is 3. The van der Waals surface area contributed by atoms with E-state index in [9.17, 15) is 14.4 Å². The number of nitrogens with one attached hydrogen (secondary N) is 1. The third kappa shape index (κ3) is 7.07. The van der Waals surface area contributed by atoms with Gasteiger partial charge in [0.05, 0.1) is 24.5 Å². The average molecular weight is 459 g/mol. The molecule has 1 fully saturated rings. The summed E-state index contributed by atoms with van der Waals surface area (Å²) < 4.78 is 10.7. The fourth-order valence-corrected chi connectivity index (χ4v) is 4.32. The summed E-state index contributed by atoms with van der Waals surface area (Å²) in [5.41, 5.74) is 1.29. The van der Waals surface area contributed by atoms with Gasteiger partial charge < -0.3 is 19.7 Å². The van der Waals surface area contributed by atoms with Crippen LogP contribution in [-0.4, -0.2) is 55.1 Å². The van der Waals surface area contributed by atoms with Crippen LogP contribution in [-0.2, 0) is 23.9 Å². The number of ether oxygens (including phenoxy) is 2. The van der Waals surface area contributed by atoms with Crippen LogP contribution in [0.1, 0.15) is 65.4 Å². The van der Waals surface area contributed by atoms with Gasteiger partial charge in [0, 0.05) is 19.1 Å². The van der Waals surface area contributed by atoms with Gasteiger partial charge in [-0.15, -0.1) is 0 Å². The molecule has 1 saturated carbocycles. The Morgan fingerprint density at radius 3 is 2.09 bits per heavy atom. The second kappa shape index (κ2) is 13.7. The van der Waals surface area contributed by atoms with E-state index in [1.165, 1.54) is 0 Å². The van der Waals surface area contributed by atoms with E-state index in [1.807, 2.05) is 49.1 Å². The molecule has 0 aromatic heterocycles. The molecule has 2 rings (SSSR count). The highest BCUT2D eigenvalue weighted by Gasteiger charge is 2.40. The van der Waals surface area contributed by atoms with Crippen molar-refractivity contribution in [2.75, 3.05) is 26.3 Å². The maximum absolute atomic E-state index is 13.5. The highest BCUT2D eigenvalue weighted by Crippen LogP contribution is 2.30. The molecule has 1 unspecified atom stereocenters. The molecule has 0 aliphatic heterocycles. The maximum Gasteiger partial charge on any atom is 0.337 e. The molecule has 1 aliphatic rings. The van der Waals surface area contributed by atoms with Crippen LogP contribution in [0.3, 0.4) is 0 Å². The van der Waals surface area contributed by atoms with Gasteiger partial charge in [-0.25, -0.2) is 4.79 Å². The van der Waals surface area contributed by atoms with Crippen molar-refractivity contribution in [1.29, 1.82) is 0 Å². The van der Waals surface area contributed by atoms with Crippen LogP contribution < -0.4 is 5.32 Å². The molecule has 7 nitrogen and oxygen atoms in total. The number of nitrogens with zero attached hydrogens (tertiary/aromatic N) is 1. The molecule has 0 spiro atoms. The molecule has 1 aromatic carbocycles. The first-order valence-corrected chi connectivity index (χ1v) is 12.2. The first-order chi connectivity index (χ1) is 16.0. The van der Waals surface area contributed by atoms with Crippen LogP contribution in [0.15, 0.2) is 35.9 Å². The summed E-state index contributed by atoms with van der Waals surface area (Å²) >= 11 is 0. The topological polar surface area (TPSA) is 84.9 Å². The van der Waals surface area contributed by atoms with Crippen LogP contribution >= 0.6 is 0 Å². The van der Waals surface area contributed by atoms with Gasteiger partial charge in [0.15, 0.2) is 5.92 Å². The Morgan fingerprint density at radius 2 is 1.55 bits per heavy atom. The molecule has 0 radical (unpaired) electrons. The average Bonchev–Trinajstić information content (AvgIpc) is 2.82. The lowest BCUT2D eigenvalue weighted by Gasteiger charge is -2.30. The van der Waals surface area contributed by atoms with Crippen molar-refractivity contribution in [2.24, 2.45) is 5.92 Å². The number of amides is 1. The van der Waals surface area contributed by atoms with Crippen molar-refractivity contribution in [3.63, 3.8) is 0 Å². The number of carbonyl (C=O) groups excluding carboxylic acids is 3. The van der Waals surface area contributed by atoms with Gasteiger partial charge in [0.2, 0.25) is 5.91 Å². The molecular formula is C26H38N2O5. The minimum atomic E-state index is -1.42. The molecule has 0 heterocycles. The Balaban J connectivity index is 2.69. The summed E-state index contributed by atoms with van der Waals surface area (Å²) in [5.74, 6) is -3.35. The molecular weight excluding hydrogens is 420 g/mol. The van der Waals surface area contributed by atoms with E-state index >= 15 is 0 Å². The van der Waals surface area contributed by atoms with Gasteiger partial charge in [-0.2, -0.15) is 0 Å². The van der Waals surface area contributed by atoms with Crippen molar-refractivity contribution in [1.82, 2.24) is 10.2 Å². The van der Waals surface area contributed by atoms with Crippen molar-refractivity contribution in [2.45, 2.75) is 65.8 Å². The summed E-state index contributed by atoms with van der Waals surface area (Å²) in [6, 6.07) is 9.33. The zero-order valence-electron chi connectivity index (χ0n) is 20.4. The first kappa shape index (κ1) is 26.4. The normalized spacial score (nSPS) is 15.8. The second-order valence-corrected chi connectivity index (χ2v) is 8.05. The molecule has 1 N–H and O–H groups in total. The number of rotatable bonds is 11. The first-order valence-electron chi connectivity index (χ1n) is 12.2.